The number of hydrogen-bond donors (Lipinski definition) is 0. The van der Waals surface area contributed by atoms with Gasteiger partial charge in [0.15, 0.2) is 5.43 Å². The van der Waals surface area contributed by atoms with Gasteiger partial charge >= 0.3 is 0 Å². The third-order valence-corrected chi connectivity index (χ3v) is 5.10. The summed E-state index contributed by atoms with van der Waals surface area (Å²) in [6.45, 7) is 6.42. The molecule has 0 amide bonds. The summed E-state index contributed by atoms with van der Waals surface area (Å²) in [4.78, 5) is 17.2. The largest absolute Gasteiger partial charge is 0.339 e. The molecule has 3 aliphatic rings. The van der Waals surface area contributed by atoms with Crippen LogP contribution in [0.3, 0.4) is 0 Å². The molecule has 0 saturated carbocycles. The number of piperazine rings is 1. The first-order valence-electron chi connectivity index (χ1n) is 8.64. The second-order valence-corrected chi connectivity index (χ2v) is 6.69. The van der Waals surface area contributed by atoms with E-state index in [-0.39, 0.29) is 5.43 Å². The number of nitrogens with zero attached hydrogens (tertiary/aromatic N) is 3. The molecule has 0 unspecified atom stereocenters. The van der Waals surface area contributed by atoms with Gasteiger partial charge < -0.3 is 9.47 Å². The topological polar surface area (TPSA) is 28.5 Å². The molecule has 4 heteroatoms. The molecule has 1 aliphatic carbocycles. The predicted octanol–water partition coefficient (Wildman–Crippen LogP) is 2.35. The first-order valence-corrected chi connectivity index (χ1v) is 8.64. The Labute approximate surface area is 142 Å². The maximum absolute atomic E-state index is 12.3. The molecule has 124 valence electrons. The predicted molar refractivity (Wildman–Crippen MR) is 98.8 cm³/mol. The van der Waals surface area contributed by atoms with Crippen LogP contribution >= 0.6 is 0 Å². The van der Waals surface area contributed by atoms with E-state index in [1.54, 1.807) is 6.07 Å². The Balaban J connectivity index is 1.72. The molecular weight excluding hydrogens is 298 g/mol. The summed E-state index contributed by atoms with van der Waals surface area (Å²) in [5.41, 5.74) is 3.15. The summed E-state index contributed by atoms with van der Waals surface area (Å²) in [6.07, 6.45) is 0. The highest BCUT2D eigenvalue weighted by Crippen LogP contribution is 2.26. The number of aromatic nitrogens is 1. The van der Waals surface area contributed by atoms with Gasteiger partial charge in [0.25, 0.3) is 0 Å². The van der Waals surface area contributed by atoms with Crippen molar-refractivity contribution in [1.82, 2.24) is 14.4 Å². The van der Waals surface area contributed by atoms with E-state index in [9.17, 15) is 4.79 Å². The van der Waals surface area contributed by atoms with Crippen molar-refractivity contribution >= 4 is 10.9 Å². The van der Waals surface area contributed by atoms with Gasteiger partial charge in [-0.25, -0.2) is 0 Å². The Morgan fingerprint density at radius 2 is 1.71 bits per heavy atom. The van der Waals surface area contributed by atoms with Crippen LogP contribution in [0.15, 0.2) is 53.3 Å². The molecule has 0 radical (unpaired) electrons. The minimum Gasteiger partial charge on any atom is -0.339 e. The van der Waals surface area contributed by atoms with Crippen molar-refractivity contribution in [2.45, 2.75) is 6.54 Å². The van der Waals surface area contributed by atoms with Crippen molar-refractivity contribution < 1.29 is 0 Å². The Morgan fingerprint density at radius 1 is 0.917 bits per heavy atom. The van der Waals surface area contributed by atoms with E-state index in [1.165, 1.54) is 5.52 Å². The molecule has 4 rings (SSSR count). The van der Waals surface area contributed by atoms with Crippen LogP contribution in [0.25, 0.3) is 22.2 Å². The summed E-state index contributed by atoms with van der Waals surface area (Å²) in [5.74, 6) is 0. The van der Waals surface area contributed by atoms with Crippen LogP contribution in [-0.4, -0.2) is 54.1 Å². The van der Waals surface area contributed by atoms with Crippen LogP contribution in [0.1, 0.15) is 0 Å². The maximum Gasteiger partial charge on any atom is 0.187 e. The van der Waals surface area contributed by atoms with Crippen LogP contribution < -0.4 is 5.43 Å². The van der Waals surface area contributed by atoms with Gasteiger partial charge in [0.2, 0.25) is 0 Å². The Kier molecular flexibility index (Phi) is 4.08. The zero-order valence-electron chi connectivity index (χ0n) is 14.1. The van der Waals surface area contributed by atoms with Gasteiger partial charge in [-0.05, 0) is 36.7 Å². The first kappa shape index (κ1) is 15.4. The van der Waals surface area contributed by atoms with Gasteiger partial charge in [0.1, 0.15) is 0 Å². The molecule has 1 aromatic rings. The van der Waals surface area contributed by atoms with Gasteiger partial charge in [-0.1, -0.05) is 24.3 Å². The average Bonchev–Trinajstić information content (AvgIpc) is 2.61. The van der Waals surface area contributed by atoms with Gasteiger partial charge in [-0.2, -0.15) is 0 Å². The van der Waals surface area contributed by atoms with E-state index < -0.39 is 0 Å². The van der Waals surface area contributed by atoms with E-state index in [0.717, 1.165) is 55.9 Å². The van der Waals surface area contributed by atoms with Crippen LogP contribution in [0.2, 0.25) is 0 Å². The molecule has 0 bridgehead atoms. The number of para-hydroxylation sites is 1. The van der Waals surface area contributed by atoms with Crippen LogP contribution in [0.5, 0.6) is 0 Å². The van der Waals surface area contributed by atoms with Crippen LogP contribution in [0, 0.1) is 0 Å². The highest BCUT2D eigenvalue weighted by molar-refractivity contribution is 5.86. The number of benzene rings is 2. The van der Waals surface area contributed by atoms with E-state index in [2.05, 4.69) is 45.7 Å². The second kappa shape index (κ2) is 6.38. The van der Waals surface area contributed by atoms with Crippen LogP contribution in [-0.2, 0) is 6.54 Å². The molecule has 0 aromatic heterocycles. The molecule has 4 nitrogen and oxygen atoms in total. The molecular formula is C20H23N3O. The fraction of sp³-hybridized carbons (Fsp3) is 0.350. The summed E-state index contributed by atoms with van der Waals surface area (Å²) in [5, 5.41) is 1.13. The van der Waals surface area contributed by atoms with Crippen molar-refractivity contribution in [3.63, 3.8) is 0 Å². The third kappa shape index (κ3) is 2.83. The monoisotopic (exact) mass is 321 g/mol. The normalized spacial score (nSPS) is 16.9. The highest BCUT2D eigenvalue weighted by Gasteiger charge is 2.16. The molecule has 1 aromatic carbocycles. The number of fused-ring (bicyclic) bond motifs is 2. The fourth-order valence-corrected chi connectivity index (χ4v) is 3.61. The fourth-order valence-electron chi connectivity index (χ4n) is 3.61. The molecule has 2 heterocycles. The van der Waals surface area contributed by atoms with E-state index in [4.69, 9.17) is 0 Å². The summed E-state index contributed by atoms with van der Waals surface area (Å²) in [7, 11) is 2.18. The van der Waals surface area contributed by atoms with E-state index in [1.807, 2.05) is 18.2 Å². The molecule has 24 heavy (non-hydrogen) atoms. The number of pyridine rings is 1. The zero-order valence-corrected chi connectivity index (χ0v) is 14.1. The Bertz CT molecular complexity index is 878. The van der Waals surface area contributed by atoms with Gasteiger partial charge in [-0.15, -0.1) is 0 Å². The molecule has 0 atom stereocenters. The third-order valence-electron chi connectivity index (χ3n) is 5.10. The quantitative estimate of drug-likeness (QED) is 0.693. The van der Waals surface area contributed by atoms with Gasteiger partial charge in [0, 0.05) is 50.3 Å². The lowest BCUT2D eigenvalue weighted by Crippen LogP contribution is -2.45. The first-order chi connectivity index (χ1) is 11.7. The minimum absolute atomic E-state index is 0.103. The number of hydrogen-bond acceptors (Lipinski definition) is 3. The lowest BCUT2D eigenvalue weighted by molar-refractivity contribution is 0.150. The van der Waals surface area contributed by atoms with E-state index >= 15 is 0 Å². The maximum atomic E-state index is 12.3. The lowest BCUT2D eigenvalue weighted by atomic mass is 10.0. The van der Waals surface area contributed by atoms with Gasteiger partial charge in [0.05, 0.1) is 5.69 Å². The zero-order chi connectivity index (χ0) is 16.5. The van der Waals surface area contributed by atoms with Crippen molar-refractivity contribution in [2.75, 3.05) is 39.8 Å². The molecule has 0 N–H and O–H groups in total. The van der Waals surface area contributed by atoms with Crippen LogP contribution in [0.4, 0.5) is 0 Å². The minimum atomic E-state index is 0.103. The second-order valence-electron chi connectivity index (χ2n) is 6.69. The summed E-state index contributed by atoms with van der Waals surface area (Å²) in [6, 6.07) is 16.0. The van der Waals surface area contributed by atoms with Gasteiger partial charge in [-0.3, -0.25) is 9.69 Å². The number of likely N-dealkylation sites (N-methyl/N-ethyl adjacent to an activating group) is 1. The summed E-state index contributed by atoms with van der Waals surface area (Å²) >= 11 is 0. The Hall–Kier alpha value is -2.17. The van der Waals surface area contributed by atoms with Crippen molar-refractivity contribution in [3.05, 3.63) is 58.8 Å². The molecule has 0 spiro atoms. The Morgan fingerprint density at radius 3 is 2.54 bits per heavy atom. The molecule has 1 fully saturated rings. The summed E-state index contributed by atoms with van der Waals surface area (Å²) < 4.78 is 2.31. The smallest absolute Gasteiger partial charge is 0.187 e. The molecule has 2 aliphatic heterocycles. The SMILES string of the molecule is CN1CCN(CCn2c3cccc(=O)c-3cc3ccccc32)CC1. The highest BCUT2D eigenvalue weighted by atomic mass is 16.1. The standard InChI is InChI=1S/C20H23N3O/c1-21-9-11-22(12-10-21)13-14-23-18-6-3-2-5-16(18)15-17-19(23)7-4-8-20(17)24/h2-8,15H,9-14H2,1H3. The van der Waals surface area contributed by atoms with Crippen molar-refractivity contribution in [1.29, 1.82) is 0 Å². The van der Waals surface area contributed by atoms with Crippen molar-refractivity contribution in [3.8, 4) is 11.3 Å². The molecule has 1 saturated heterocycles. The lowest BCUT2D eigenvalue weighted by Gasteiger charge is -2.33. The average molecular weight is 321 g/mol. The number of rotatable bonds is 3. The van der Waals surface area contributed by atoms with Crippen molar-refractivity contribution in [2.24, 2.45) is 0 Å². The van der Waals surface area contributed by atoms with E-state index in [0.29, 0.717) is 0 Å².